The Labute approximate surface area is 295 Å². The second-order valence-corrected chi connectivity index (χ2v) is 15.2. The minimum atomic E-state index is -3.94. The fraction of sp³-hybridized carbons (Fsp3) is 0.382. The van der Waals surface area contributed by atoms with Crippen molar-refractivity contribution in [2.45, 2.75) is 86.1 Å². The zero-order valence-corrected chi connectivity index (χ0v) is 29.3. The lowest BCUT2D eigenvalue weighted by molar-refractivity contribution is -0.149. The molecule has 2 aliphatic rings. The lowest BCUT2D eigenvalue weighted by Crippen LogP contribution is -2.53. The summed E-state index contributed by atoms with van der Waals surface area (Å²) in [6.07, 6.45) is 3.24. The Hall–Kier alpha value is -3.66. The number of anilines is 1. The first kappa shape index (κ1) is 36.6. The summed E-state index contributed by atoms with van der Waals surface area (Å²) in [5, 5.41) is 25.5. The number of sulfonamides is 1. The van der Waals surface area contributed by atoms with Gasteiger partial charge in [0, 0.05) is 18.0 Å². The Morgan fingerprint density at radius 2 is 1.71 bits per heavy atom. The van der Waals surface area contributed by atoms with E-state index in [1.165, 1.54) is 22.4 Å². The molecule has 0 radical (unpaired) electrons. The van der Waals surface area contributed by atoms with Crippen LogP contribution in [0.1, 0.15) is 49.3 Å². The van der Waals surface area contributed by atoms with Gasteiger partial charge in [0.25, 0.3) is 0 Å². The molecule has 12 nitrogen and oxygen atoms in total. The second-order valence-electron chi connectivity index (χ2n) is 12.2. The van der Waals surface area contributed by atoms with Crippen LogP contribution in [0.4, 0.5) is 5.69 Å². The van der Waals surface area contributed by atoms with Crippen LogP contribution in [0.3, 0.4) is 0 Å². The molecule has 2 aliphatic heterocycles. The summed E-state index contributed by atoms with van der Waals surface area (Å²) in [7, 11) is -3.94. The highest BCUT2D eigenvalue weighted by molar-refractivity contribution is 7.97. The molecular weight excluding hydrogens is 690 g/mol. The SMILES string of the molecule is CC(N[C@@H](CCc1ccc(CNS(=O)(=O)c2cc3c(cc2Cl)N[C@H](CCc2ccccc2)NS3)cc1)C(=O)O)C(=O)N1CCC[C@H]1C(=O)O. The van der Waals surface area contributed by atoms with Gasteiger partial charge in [-0.15, -0.1) is 0 Å². The molecule has 1 amide bonds. The molecule has 3 aromatic rings. The summed E-state index contributed by atoms with van der Waals surface area (Å²) in [5.74, 6) is -2.62. The number of aryl methyl sites for hydroxylation is 2. The molecule has 1 fully saturated rings. The number of carbonyl (C=O) groups excluding carboxylic acids is 1. The van der Waals surface area contributed by atoms with Crippen LogP contribution < -0.4 is 20.1 Å². The summed E-state index contributed by atoms with van der Waals surface area (Å²) in [6.45, 7) is 1.89. The first-order valence-electron chi connectivity index (χ1n) is 16.1. The highest BCUT2D eigenvalue weighted by atomic mass is 35.5. The van der Waals surface area contributed by atoms with E-state index in [9.17, 15) is 33.0 Å². The summed E-state index contributed by atoms with van der Waals surface area (Å²) in [4.78, 5) is 38.3. The molecule has 4 atom stereocenters. The van der Waals surface area contributed by atoms with Gasteiger partial charge >= 0.3 is 11.9 Å². The van der Waals surface area contributed by atoms with Crippen molar-refractivity contribution >= 4 is 57.1 Å². The van der Waals surface area contributed by atoms with Gasteiger partial charge in [-0.1, -0.05) is 66.2 Å². The van der Waals surface area contributed by atoms with Gasteiger partial charge in [-0.25, -0.2) is 22.7 Å². The lowest BCUT2D eigenvalue weighted by Gasteiger charge is -2.28. The average Bonchev–Trinajstić information content (AvgIpc) is 3.59. The molecule has 3 aromatic carbocycles. The highest BCUT2D eigenvalue weighted by Crippen LogP contribution is 2.37. The molecule has 0 aliphatic carbocycles. The predicted molar refractivity (Wildman–Crippen MR) is 188 cm³/mol. The third kappa shape index (κ3) is 9.53. The van der Waals surface area contributed by atoms with E-state index in [1.54, 1.807) is 43.3 Å². The van der Waals surface area contributed by atoms with E-state index in [0.717, 1.165) is 29.0 Å². The van der Waals surface area contributed by atoms with E-state index in [2.05, 4.69) is 32.2 Å². The van der Waals surface area contributed by atoms with Gasteiger partial charge < -0.3 is 20.4 Å². The van der Waals surface area contributed by atoms with E-state index in [-0.39, 0.29) is 29.0 Å². The van der Waals surface area contributed by atoms with Crippen LogP contribution in [0, 0.1) is 0 Å². The number of carboxylic acids is 2. The topological polar surface area (TPSA) is 177 Å². The number of nitrogens with one attached hydrogen (secondary N) is 4. The van der Waals surface area contributed by atoms with Crippen molar-refractivity contribution in [3.8, 4) is 0 Å². The Kier molecular flexibility index (Phi) is 12.2. The number of aliphatic carboxylic acids is 2. The van der Waals surface area contributed by atoms with E-state index < -0.39 is 46.0 Å². The van der Waals surface area contributed by atoms with Crippen LogP contribution in [0.5, 0.6) is 0 Å². The molecule has 0 aromatic heterocycles. The molecule has 0 spiro atoms. The van der Waals surface area contributed by atoms with Gasteiger partial charge in [0.1, 0.15) is 17.0 Å². The predicted octanol–water partition coefficient (Wildman–Crippen LogP) is 4.24. The molecule has 1 unspecified atom stereocenters. The maximum atomic E-state index is 13.3. The van der Waals surface area contributed by atoms with Crippen LogP contribution in [-0.2, 0) is 43.8 Å². The quantitative estimate of drug-likeness (QED) is 0.123. The number of fused-ring (bicyclic) bond motifs is 1. The number of halogens is 1. The maximum Gasteiger partial charge on any atom is 0.326 e. The van der Waals surface area contributed by atoms with E-state index in [1.807, 2.05) is 18.2 Å². The number of rotatable bonds is 15. The van der Waals surface area contributed by atoms with Gasteiger partial charge in [-0.05, 0) is 86.2 Å². The van der Waals surface area contributed by atoms with Gasteiger partial charge in [-0.2, -0.15) is 0 Å². The molecule has 0 saturated carbocycles. The molecular formula is C34H40ClN5O7S2. The fourth-order valence-electron chi connectivity index (χ4n) is 5.95. The number of likely N-dealkylation sites (tertiary alicyclic amines) is 1. The Balaban J connectivity index is 1.12. The number of benzene rings is 3. The third-order valence-corrected chi connectivity index (χ3v) is 11.5. The number of amides is 1. The van der Waals surface area contributed by atoms with Gasteiger partial charge in [0.2, 0.25) is 15.9 Å². The maximum absolute atomic E-state index is 13.3. The summed E-state index contributed by atoms with van der Waals surface area (Å²) >= 11 is 7.83. The van der Waals surface area contributed by atoms with Crippen molar-refractivity contribution in [1.29, 1.82) is 0 Å². The molecule has 15 heteroatoms. The molecule has 2 heterocycles. The zero-order valence-electron chi connectivity index (χ0n) is 26.9. The van der Waals surface area contributed by atoms with Crippen LogP contribution in [0.2, 0.25) is 5.02 Å². The molecule has 5 rings (SSSR count). The third-order valence-electron chi connectivity index (χ3n) is 8.68. The smallest absolute Gasteiger partial charge is 0.326 e. The van der Waals surface area contributed by atoms with E-state index in [4.69, 9.17) is 11.6 Å². The van der Waals surface area contributed by atoms with Crippen molar-refractivity contribution in [3.63, 3.8) is 0 Å². The number of hydrogen-bond donors (Lipinski definition) is 6. The minimum Gasteiger partial charge on any atom is -0.480 e. The van der Waals surface area contributed by atoms with E-state index in [0.29, 0.717) is 31.4 Å². The van der Waals surface area contributed by atoms with Crippen molar-refractivity contribution in [2.24, 2.45) is 0 Å². The number of carboxylic acid groups (broad SMARTS) is 2. The minimum absolute atomic E-state index is 0.00952. The van der Waals surface area contributed by atoms with Crippen LogP contribution in [0.25, 0.3) is 0 Å². The van der Waals surface area contributed by atoms with E-state index >= 15 is 0 Å². The van der Waals surface area contributed by atoms with Crippen molar-refractivity contribution in [3.05, 3.63) is 88.4 Å². The normalized spacial score (nSPS) is 18.7. The Bertz CT molecular complexity index is 1760. The number of carbonyl (C=O) groups is 3. The van der Waals surface area contributed by atoms with Crippen LogP contribution in [-0.4, -0.2) is 72.2 Å². The zero-order chi connectivity index (χ0) is 35.1. The van der Waals surface area contributed by atoms with Gasteiger partial charge in [0.15, 0.2) is 0 Å². The van der Waals surface area contributed by atoms with Crippen LogP contribution >= 0.6 is 23.5 Å². The number of nitrogens with zero attached hydrogens (tertiary/aromatic N) is 1. The van der Waals surface area contributed by atoms with Crippen molar-refractivity contribution < 1.29 is 33.0 Å². The molecule has 1 saturated heterocycles. The number of hydrogen-bond acceptors (Lipinski definition) is 9. The molecule has 6 N–H and O–H groups in total. The first-order chi connectivity index (χ1) is 23.4. The van der Waals surface area contributed by atoms with Crippen molar-refractivity contribution in [2.75, 3.05) is 11.9 Å². The average molecular weight is 730 g/mol. The second kappa shape index (κ2) is 16.4. The van der Waals surface area contributed by atoms with Gasteiger partial charge in [-0.3, -0.25) is 14.9 Å². The van der Waals surface area contributed by atoms with Crippen LogP contribution in [0.15, 0.2) is 76.5 Å². The summed E-state index contributed by atoms with van der Waals surface area (Å²) in [6, 6.07) is 17.7. The lowest BCUT2D eigenvalue weighted by atomic mass is 10.0. The summed E-state index contributed by atoms with van der Waals surface area (Å²) < 4.78 is 32.5. The molecule has 49 heavy (non-hydrogen) atoms. The standard InChI is InChI=1S/C34H40ClN5O7S2/c1-21(32(41)40-17-5-8-28(40)34(44)45)37-26(33(42)43)15-13-23-9-11-24(12-10-23)20-36-49(46,47)30-19-29-27(18-25(30)35)38-31(39-48-29)16-14-22-6-3-2-4-7-22/h2-4,6-7,9-12,18-19,21,26,28,31,36-39H,5,8,13-17,20H2,1H3,(H,42,43)(H,44,45)/t21?,26-,28-,31-/m0/s1. The highest BCUT2D eigenvalue weighted by Gasteiger charge is 2.37. The molecule has 262 valence electrons. The fourth-order valence-corrected chi connectivity index (χ4v) is 8.45. The summed E-state index contributed by atoms with van der Waals surface area (Å²) in [5.41, 5.74) is 3.53. The Morgan fingerprint density at radius 1 is 1.02 bits per heavy atom. The first-order valence-corrected chi connectivity index (χ1v) is 18.7. The largest absolute Gasteiger partial charge is 0.480 e. The Morgan fingerprint density at radius 3 is 2.41 bits per heavy atom. The van der Waals surface area contributed by atoms with Crippen molar-refractivity contribution in [1.82, 2.24) is 19.7 Å². The van der Waals surface area contributed by atoms with Gasteiger partial charge in [0.05, 0.1) is 22.9 Å². The molecule has 0 bridgehead atoms. The monoisotopic (exact) mass is 729 g/mol.